The number of morpholine rings is 1. The van der Waals surface area contributed by atoms with Crippen LogP contribution in [0.2, 0.25) is 0 Å². The Balaban J connectivity index is 2.53. The van der Waals surface area contributed by atoms with Crippen molar-refractivity contribution < 1.29 is 4.74 Å². The van der Waals surface area contributed by atoms with E-state index in [0.717, 1.165) is 25.6 Å². The fourth-order valence-electron chi connectivity index (χ4n) is 1.42. The molecule has 12 heavy (non-hydrogen) atoms. The summed E-state index contributed by atoms with van der Waals surface area (Å²) in [6.45, 7) is 8.62. The van der Waals surface area contributed by atoms with Gasteiger partial charge in [-0.25, -0.2) is 0 Å². The molecule has 1 heterocycles. The van der Waals surface area contributed by atoms with Crippen LogP contribution in [0, 0.1) is 11.3 Å². The number of hydrogen-bond donors (Lipinski definition) is 1. The Kier molecular flexibility index (Phi) is 3.09. The van der Waals surface area contributed by atoms with Crippen LogP contribution in [0.5, 0.6) is 0 Å². The van der Waals surface area contributed by atoms with Gasteiger partial charge in [-0.3, -0.25) is 5.41 Å². The van der Waals surface area contributed by atoms with Crippen LogP contribution in [0.3, 0.4) is 0 Å². The first-order chi connectivity index (χ1) is 5.63. The van der Waals surface area contributed by atoms with Crippen LogP contribution in [0.15, 0.2) is 0 Å². The molecule has 70 valence electrons. The number of nitrogens with zero attached hydrogens (tertiary/aromatic N) is 1. The van der Waals surface area contributed by atoms with Crippen molar-refractivity contribution in [2.75, 3.05) is 19.8 Å². The third kappa shape index (κ3) is 1.97. The van der Waals surface area contributed by atoms with Gasteiger partial charge in [0, 0.05) is 12.5 Å². The lowest BCUT2D eigenvalue weighted by Gasteiger charge is -2.36. The first-order valence-corrected chi connectivity index (χ1v) is 4.55. The summed E-state index contributed by atoms with van der Waals surface area (Å²) in [6.07, 6.45) is 0. The molecule has 1 aliphatic rings. The van der Waals surface area contributed by atoms with E-state index in [0.29, 0.717) is 12.0 Å². The maximum atomic E-state index is 7.84. The molecule has 1 saturated heterocycles. The van der Waals surface area contributed by atoms with Gasteiger partial charge in [-0.2, -0.15) is 0 Å². The van der Waals surface area contributed by atoms with E-state index >= 15 is 0 Å². The second kappa shape index (κ2) is 3.90. The first-order valence-electron chi connectivity index (χ1n) is 4.55. The highest BCUT2D eigenvalue weighted by molar-refractivity contribution is 5.81. The van der Waals surface area contributed by atoms with Crippen LogP contribution < -0.4 is 0 Å². The molecular formula is C9H18N2O. The topological polar surface area (TPSA) is 36.3 Å². The smallest absolute Gasteiger partial charge is 0.0987 e. The van der Waals surface area contributed by atoms with Crippen molar-refractivity contribution in [2.24, 2.45) is 5.92 Å². The minimum absolute atomic E-state index is 0.325. The zero-order valence-corrected chi connectivity index (χ0v) is 8.13. The van der Waals surface area contributed by atoms with Crippen LogP contribution in [-0.2, 0) is 4.74 Å². The maximum absolute atomic E-state index is 7.84. The highest BCUT2D eigenvalue weighted by Gasteiger charge is 2.22. The average molecular weight is 170 g/mol. The van der Waals surface area contributed by atoms with Crippen molar-refractivity contribution in [3.05, 3.63) is 0 Å². The lowest BCUT2D eigenvalue weighted by Crippen LogP contribution is -2.48. The second-order valence-corrected chi connectivity index (χ2v) is 3.66. The number of hydrogen-bond acceptors (Lipinski definition) is 2. The molecule has 0 radical (unpaired) electrons. The summed E-state index contributed by atoms with van der Waals surface area (Å²) in [5, 5.41) is 7.84. The van der Waals surface area contributed by atoms with E-state index in [9.17, 15) is 0 Å². The van der Waals surface area contributed by atoms with Gasteiger partial charge in [0.1, 0.15) is 0 Å². The summed E-state index contributed by atoms with van der Waals surface area (Å²) in [5.74, 6) is 1.07. The molecule has 1 fully saturated rings. The minimum Gasteiger partial charge on any atom is -0.377 e. The van der Waals surface area contributed by atoms with Crippen LogP contribution >= 0.6 is 0 Å². The van der Waals surface area contributed by atoms with Gasteiger partial charge in [-0.05, 0) is 6.92 Å². The molecule has 0 aromatic carbocycles. The van der Waals surface area contributed by atoms with Crippen LogP contribution in [0.1, 0.15) is 20.8 Å². The molecule has 1 atom stereocenters. The van der Waals surface area contributed by atoms with E-state index in [1.165, 1.54) is 0 Å². The SMILES string of the molecule is CC(C)C(=N)N1CCOCC1C. The van der Waals surface area contributed by atoms with E-state index < -0.39 is 0 Å². The van der Waals surface area contributed by atoms with E-state index in [4.69, 9.17) is 10.1 Å². The van der Waals surface area contributed by atoms with Gasteiger partial charge < -0.3 is 9.64 Å². The number of nitrogens with one attached hydrogen (secondary N) is 1. The lowest BCUT2D eigenvalue weighted by molar-refractivity contribution is 0.0309. The predicted octanol–water partition coefficient (Wildman–Crippen LogP) is 1.34. The highest BCUT2D eigenvalue weighted by atomic mass is 16.5. The molecule has 0 aromatic rings. The molecule has 0 bridgehead atoms. The summed E-state index contributed by atoms with van der Waals surface area (Å²) in [4.78, 5) is 2.13. The molecule has 0 amide bonds. The molecule has 1 unspecified atom stereocenters. The molecule has 0 spiro atoms. The standard InChI is InChI=1S/C9H18N2O/c1-7(2)9(10)11-4-5-12-6-8(11)3/h7-8,10H,4-6H2,1-3H3. The van der Waals surface area contributed by atoms with E-state index in [2.05, 4.69) is 25.7 Å². The summed E-state index contributed by atoms with van der Waals surface area (Å²) in [6, 6.07) is 0.369. The Morgan fingerprint density at radius 1 is 1.58 bits per heavy atom. The van der Waals surface area contributed by atoms with Gasteiger partial charge in [-0.15, -0.1) is 0 Å². The van der Waals surface area contributed by atoms with Crippen molar-refractivity contribution >= 4 is 5.84 Å². The Morgan fingerprint density at radius 3 is 2.75 bits per heavy atom. The summed E-state index contributed by atoms with van der Waals surface area (Å²) < 4.78 is 5.30. The van der Waals surface area contributed by atoms with Gasteiger partial charge in [0.25, 0.3) is 0 Å². The first kappa shape index (κ1) is 9.52. The molecular weight excluding hydrogens is 152 g/mol. The number of ether oxygens (including phenoxy) is 1. The fraction of sp³-hybridized carbons (Fsp3) is 0.889. The molecule has 1 aliphatic heterocycles. The van der Waals surface area contributed by atoms with Crippen molar-refractivity contribution in [3.8, 4) is 0 Å². The molecule has 3 heteroatoms. The molecule has 0 saturated carbocycles. The predicted molar refractivity (Wildman–Crippen MR) is 49.6 cm³/mol. The number of rotatable bonds is 1. The van der Waals surface area contributed by atoms with Gasteiger partial charge in [0.15, 0.2) is 0 Å². The summed E-state index contributed by atoms with van der Waals surface area (Å²) in [7, 11) is 0. The molecule has 1 N–H and O–H groups in total. The Labute approximate surface area is 74.2 Å². The normalized spacial score (nSPS) is 24.7. The van der Waals surface area contributed by atoms with Crippen molar-refractivity contribution in [1.82, 2.24) is 4.90 Å². The van der Waals surface area contributed by atoms with Crippen molar-refractivity contribution in [2.45, 2.75) is 26.8 Å². The molecule has 0 aliphatic carbocycles. The Bertz CT molecular complexity index is 168. The van der Waals surface area contributed by atoms with E-state index in [1.54, 1.807) is 0 Å². The largest absolute Gasteiger partial charge is 0.377 e. The zero-order valence-electron chi connectivity index (χ0n) is 8.13. The second-order valence-electron chi connectivity index (χ2n) is 3.66. The third-order valence-corrected chi connectivity index (χ3v) is 2.22. The van der Waals surface area contributed by atoms with Crippen LogP contribution in [-0.4, -0.2) is 36.5 Å². The van der Waals surface area contributed by atoms with Gasteiger partial charge in [0.05, 0.1) is 25.1 Å². The van der Waals surface area contributed by atoms with E-state index in [-0.39, 0.29) is 0 Å². The third-order valence-electron chi connectivity index (χ3n) is 2.22. The lowest BCUT2D eigenvalue weighted by atomic mass is 10.1. The molecule has 1 rings (SSSR count). The van der Waals surface area contributed by atoms with E-state index in [1.807, 2.05) is 0 Å². The fourth-order valence-corrected chi connectivity index (χ4v) is 1.42. The van der Waals surface area contributed by atoms with Crippen LogP contribution in [0.4, 0.5) is 0 Å². The highest BCUT2D eigenvalue weighted by Crippen LogP contribution is 2.10. The molecule has 3 nitrogen and oxygen atoms in total. The van der Waals surface area contributed by atoms with Crippen molar-refractivity contribution in [1.29, 1.82) is 5.41 Å². The Hall–Kier alpha value is -0.570. The van der Waals surface area contributed by atoms with Crippen molar-refractivity contribution in [3.63, 3.8) is 0 Å². The average Bonchev–Trinajstić information content (AvgIpc) is 2.04. The van der Waals surface area contributed by atoms with Gasteiger partial charge in [0.2, 0.25) is 0 Å². The minimum atomic E-state index is 0.325. The summed E-state index contributed by atoms with van der Waals surface area (Å²) in [5.41, 5.74) is 0. The van der Waals surface area contributed by atoms with Gasteiger partial charge in [-0.1, -0.05) is 13.8 Å². The Morgan fingerprint density at radius 2 is 2.25 bits per heavy atom. The summed E-state index contributed by atoms with van der Waals surface area (Å²) >= 11 is 0. The maximum Gasteiger partial charge on any atom is 0.0987 e. The van der Waals surface area contributed by atoms with Gasteiger partial charge >= 0.3 is 0 Å². The monoisotopic (exact) mass is 170 g/mol. The zero-order chi connectivity index (χ0) is 9.14. The van der Waals surface area contributed by atoms with Crippen LogP contribution in [0.25, 0.3) is 0 Å². The number of amidine groups is 1. The quantitative estimate of drug-likeness (QED) is 0.476. The molecule has 0 aromatic heterocycles.